The molecule has 0 bridgehead atoms. The van der Waals surface area contributed by atoms with E-state index in [9.17, 15) is 4.79 Å². The first-order chi connectivity index (χ1) is 17.4. The van der Waals surface area contributed by atoms with Crippen molar-refractivity contribution in [3.63, 3.8) is 0 Å². The highest BCUT2D eigenvalue weighted by Crippen LogP contribution is 2.35. The summed E-state index contributed by atoms with van der Waals surface area (Å²) < 4.78 is 11.9. The standard InChI is InChI=1S/C28H30BrN3O3S/c1-34-25-7-4-19(15-26(25)35-2)18-3-6-23-20(13-18)14-24(31-23)17-9-11-32(12-10-17)28(33)22(30)16-21-5-8-27(29)36-21/h3-8,13-15,17,22,31H,9-12,16,30H2,1-2H3/t22-/m0/s1. The number of aromatic amines is 1. The molecule has 3 heterocycles. The number of likely N-dealkylation sites (tertiary alicyclic amines) is 1. The van der Waals surface area contributed by atoms with Crippen molar-refractivity contribution in [2.45, 2.75) is 31.2 Å². The van der Waals surface area contributed by atoms with E-state index in [1.165, 1.54) is 11.1 Å². The summed E-state index contributed by atoms with van der Waals surface area (Å²) in [6.07, 6.45) is 2.44. The van der Waals surface area contributed by atoms with Crippen LogP contribution < -0.4 is 15.2 Å². The number of carbonyl (C=O) groups is 1. The number of nitrogens with zero attached hydrogens (tertiary/aromatic N) is 1. The normalized spacial score (nSPS) is 15.3. The summed E-state index contributed by atoms with van der Waals surface area (Å²) >= 11 is 5.11. The molecule has 1 fully saturated rings. The molecule has 0 radical (unpaired) electrons. The Kier molecular flexibility index (Phi) is 7.37. The first-order valence-corrected chi connectivity index (χ1v) is 13.7. The van der Waals surface area contributed by atoms with Crippen molar-refractivity contribution in [2.75, 3.05) is 27.3 Å². The van der Waals surface area contributed by atoms with E-state index < -0.39 is 6.04 Å². The van der Waals surface area contributed by atoms with Crippen LogP contribution in [0.2, 0.25) is 0 Å². The smallest absolute Gasteiger partial charge is 0.239 e. The first kappa shape index (κ1) is 24.9. The molecule has 6 nitrogen and oxygen atoms in total. The van der Waals surface area contributed by atoms with Gasteiger partial charge in [0.2, 0.25) is 5.91 Å². The molecule has 1 aliphatic rings. The van der Waals surface area contributed by atoms with Crippen molar-refractivity contribution in [2.24, 2.45) is 5.73 Å². The van der Waals surface area contributed by atoms with E-state index in [0.29, 0.717) is 18.1 Å². The molecule has 0 spiro atoms. The lowest BCUT2D eigenvalue weighted by atomic mass is 9.93. The Labute approximate surface area is 223 Å². The minimum Gasteiger partial charge on any atom is -0.493 e. The van der Waals surface area contributed by atoms with Crippen molar-refractivity contribution in [3.8, 4) is 22.6 Å². The van der Waals surface area contributed by atoms with Gasteiger partial charge in [0.1, 0.15) is 0 Å². The van der Waals surface area contributed by atoms with Crippen molar-refractivity contribution in [1.82, 2.24) is 9.88 Å². The first-order valence-electron chi connectivity index (χ1n) is 12.1. The fourth-order valence-corrected chi connectivity index (χ4v) is 6.52. The van der Waals surface area contributed by atoms with Crippen LogP contribution in [-0.2, 0) is 11.2 Å². The quantitative estimate of drug-likeness (QED) is 0.289. The van der Waals surface area contributed by atoms with Gasteiger partial charge in [0.25, 0.3) is 0 Å². The fourth-order valence-electron chi connectivity index (χ4n) is 4.98. The molecule has 188 valence electrons. The van der Waals surface area contributed by atoms with Crippen LogP contribution in [0.4, 0.5) is 0 Å². The molecule has 3 N–H and O–H groups in total. The Bertz CT molecular complexity index is 1370. The number of H-pyrrole nitrogens is 1. The molecule has 2 aromatic heterocycles. The summed E-state index contributed by atoms with van der Waals surface area (Å²) in [6.45, 7) is 1.47. The zero-order valence-corrected chi connectivity index (χ0v) is 22.8. The lowest BCUT2D eigenvalue weighted by Crippen LogP contribution is -2.47. The van der Waals surface area contributed by atoms with Gasteiger partial charge in [-0.2, -0.15) is 0 Å². The van der Waals surface area contributed by atoms with E-state index in [1.807, 2.05) is 35.2 Å². The number of hydrogen-bond acceptors (Lipinski definition) is 5. The maximum absolute atomic E-state index is 12.9. The molecule has 1 aliphatic heterocycles. The van der Waals surface area contributed by atoms with Gasteiger partial charge in [0, 0.05) is 46.9 Å². The van der Waals surface area contributed by atoms with Gasteiger partial charge in [-0.05, 0) is 82.4 Å². The molecular weight excluding hydrogens is 538 g/mol. The summed E-state index contributed by atoms with van der Waals surface area (Å²) in [5, 5.41) is 1.18. The number of nitrogens with two attached hydrogens (primary N) is 1. The Hall–Kier alpha value is -2.81. The number of rotatable bonds is 7. The van der Waals surface area contributed by atoms with Crippen LogP contribution in [0, 0.1) is 0 Å². The second-order valence-electron chi connectivity index (χ2n) is 9.21. The number of piperidine rings is 1. The molecule has 4 aromatic rings. The maximum Gasteiger partial charge on any atom is 0.239 e. The number of ether oxygens (including phenoxy) is 2. The molecule has 36 heavy (non-hydrogen) atoms. The number of hydrogen-bond donors (Lipinski definition) is 2. The van der Waals surface area contributed by atoms with Crippen LogP contribution >= 0.6 is 27.3 Å². The van der Waals surface area contributed by atoms with Crippen LogP contribution in [-0.4, -0.2) is 49.1 Å². The number of thiophene rings is 1. The highest BCUT2D eigenvalue weighted by Gasteiger charge is 2.28. The van der Waals surface area contributed by atoms with Crippen LogP contribution in [0.5, 0.6) is 11.5 Å². The SMILES string of the molecule is COc1ccc(-c2ccc3[nH]c(C4CCN(C(=O)[C@@H](N)Cc5ccc(Br)s5)CC4)cc3c2)cc1OC. The average Bonchev–Trinajstić information content (AvgIpc) is 3.53. The zero-order valence-electron chi connectivity index (χ0n) is 20.4. The van der Waals surface area contributed by atoms with Gasteiger partial charge in [-0.15, -0.1) is 11.3 Å². The number of nitrogens with one attached hydrogen (secondary N) is 1. The lowest BCUT2D eigenvalue weighted by Gasteiger charge is -2.33. The highest BCUT2D eigenvalue weighted by atomic mass is 79.9. The number of carbonyl (C=O) groups excluding carboxylic acids is 1. The van der Waals surface area contributed by atoms with E-state index in [1.54, 1.807) is 25.6 Å². The summed E-state index contributed by atoms with van der Waals surface area (Å²) in [5.41, 5.74) is 10.8. The Morgan fingerprint density at radius 1 is 1.06 bits per heavy atom. The molecule has 1 amide bonds. The molecule has 5 rings (SSSR count). The number of methoxy groups -OCH3 is 2. The summed E-state index contributed by atoms with van der Waals surface area (Å²) in [7, 11) is 3.29. The Morgan fingerprint density at radius 2 is 1.78 bits per heavy atom. The summed E-state index contributed by atoms with van der Waals surface area (Å²) in [4.78, 5) is 19.6. The summed E-state index contributed by atoms with van der Waals surface area (Å²) in [6, 6.07) is 18.2. The molecule has 8 heteroatoms. The number of aromatic nitrogens is 1. The van der Waals surface area contributed by atoms with Crippen LogP contribution in [0.1, 0.15) is 29.3 Å². The molecule has 1 saturated heterocycles. The van der Waals surface area contributed by atoms with Crippen molar-refractivity contribution < 1.29 is 14.3 Å². The van der Waals surface area contributed by atoms with Gasteiger partial charge in [-0.25, -0.2) is 0 Å². The summed E-state index contributed by atoms with van der Waals surface area (Å²) in [5.74, 6) is 1.88. The predicted octanol–water partition coefficient (Wildman–Crippen LogP) is 5.95. The van der Waals surface area contributed by atoms with E-state index in [2.05, 4.69) is 45.2 Å². The van der Waals surface area contributed by atoms with Gasteiger partial charge in [0.15, 0.2) is 11.5 Å². The predicted molar refractivity (Wildman–Crippen MR) is 149 cm³/mol. The van der Waals surface area contributed by atoms with E-state index in [0.717, 1.165) is 57.0 Å². The van der Waals surface area contributed by atoms with E-state index in [4.69, 9.17) is 15.2 Å². The van der Waals surface area contributed by atoms with E-state index >= 15 is 0 Å². The maximum atomic E-state index is 12.9. The third kappa shape index (κ3) is 5.16. The highest BCUT2D eigenvalue weighted by molar-refractivity contribution is 9.11. The number of halogens is 1. The topological polar surface area (TPSA) is 80.6 Å². The van der Waals surface area contributed by atoms with Crippen molar-refractivity contribution in [3.05, 3.63) is 69.0 Å². The average molecular weight is 569 g/mol. The number of amides is 1. The Balaban J connectivity index is 1.25. The van der Waals surface area contributed by atoms with Gasteiger partial charge >= 0.3 is 0 Å². The minimum absolute atomic E-state index is 0.0502. The van der Waals surface area contributed by atoms with Gasteiger partial charge in [-0.1, -0.05) is 12.1 Å². The van der Waals surface area contributed by atoms with E-state index in [-0.39, 0.29) is 5.91 Å². The van der Waals surface area contributed by atoms with Gasteiger partial charge in [-0.3, -0.25) is 4.79 Å². The fraction of sp³-hybridized carbons (Fsp3) is 0.321. The minimum atomic E-state index is -0.491. The molecule has 1 atom stereocenters. The van der Waals surface area contributed by atoms with Crippen LogP contribution in [0.3, 0.4) is 0 Å². The molecule has 0 unspecified atom stereocenters. The second kappa shape index (κ2) is 10.7. The second-order valence-corrected chi connectivity index (χ2v) is 11.8. The third-order valence-electron chi connectivity index (χ3n) is 6.97. The van der Waals surface area contributed by atoms with Crippen molar-refractivity contribution >= 4 is 44.1 Å². The Morgan fingerprint density at radius 3 is 2.47 bits per heavy atom. The number of benzene rings is 2. The molecule has 0 saturated carbocycles. The zero-order chi connectivity index (χ0) is 25.2. The largest absolute Gasteiger partial charge is 0.493 e. The van der Waals surface area contributed by atoms with Crippen LogP contribution in [0.15, 0.2) is 58.4 Å². The third-order valence-corrected chi connectivity index (χ3v) is 8.62. The van der Waals surface area contributed by atoms with Crippen molar-refractivity contribution in [1.29, 1.82) is 0 Å². The number of fused-ring (bicyclic) bond motifs is 1. The molecule has 2 aromatic carbocycles. The molecule has 0 aliphatic carbocycles. The lowest BCUT2D eigenvalue weighted by molar-refractivity contribution is -0.133. The van der Waals surface area contributed by atoms with Crippen LogP contribution in [0.25, 0.3) is 22.0 Å². The monoisotopic (exact) mass is 567 g/mol. The van der Waals surface area contributed by atoms with Gasteiger partial charge < -0.3 is 25.1 Å². The van der Waals surface area contributed by atoms with Gasteiger partial charge in [0.05, 0.1) is 24.0 Å². The molecular formula is C28H30BrN3O3S.